The molecule has 4 N–H and O–H groups in total. The van der Waals surface area contributed by atoms with Gasteiger partial charge in [-0.3, -0.25) is 4.79 Å². The number of phenolic OH excluding ortho intramolecular Hbond substituents is 2. The highest BCUT2D eigenvalue weighted by Gasteiger charge is 2.55. The van der Waals surface area contributed by atoms with Crippen LogP contribution in [0.4, 0.5) is 0 Å². The molecule has 2 unspecified atom stereocenters. The van der Waals surface area contributed by atoms with Crippen LogP contribution in [0.2, 0.25) is 0 Å². The maximum Gasteiger partial charge on any atom is 0.340 e. The van der Waals surface area contributed by atoms with Crippen LogP contribution < -0.4 is 10.5 Å². The van der Waals surface area contributed by atoms with Gasteiger partial charge < -0.3 is 30.2 Å². The third kappa shape index (κ3) is 2.73. The van der Waals surface area contributed by atoms with E-state index in [-0.39, 0.29) is 29.5 Å². The van der Waals surface area contributed by atoms with Gasteiger partial charge in [-0.15, -0.1) is 0 Å². The molecule has 3 aromatic rings. The summed E-state index contributed by atoms with van der Waals surface area (Å²) < 4.78 is 17.5. The summed E-state index contributed by atoms with van der Waals surface area (Å²) in [6.07, 6.45) is -0.932. The highest BCUT2D eigenvalue weighted by atomic mass is 16.6. The number of nitrogens with two attached hydrogens (primary N) is 1. The minimum absolute atomic E-state index is 0.0416. The molecule has 8 nitrogen and oxygen atoms in total. The third-order valence-corrected chi connectivity index (χ3v) is 5.68. The first-order valence-electron chi connectivity index (χ1n) is 9.94. The first-order valence-corrected chi connectivity index (χ1v) is 9.94. The van der Waals surface area contributed by atoms with Gasteiger partial charge in [0.15, 0.2) is 5.60 Å². The highest BCUT2D eigenvalue weighted by molar-refractivity contribution is 5.97. The van der Waals surface area contributed by atoms with Crippen molar-refractivity contribution in [2.24, 2.45) is 5.73 Å². The van der Waals surface area contributed by atoms with Crippen molar-refractivity contribution in [3.63, 3.8) is 0 Å². The third-order valence-electron chi connectivity index (χ3n) is 5.68. The molecule has 8 heteroatoms. The molecule has 0 aromatic heterocycles. The Morgan fingerprint density at radius 2 is 1.81 bits per heavy atom. The summed E-state index contributed by atoms with van der Waals surface area (Å²) in [5.41, 5.74) is 6.61. The largest absolute Gasteiger partial charge is 0.508 e. The van der Waals surface area contributed by atoms with Crippen LogP contribution in [0.5, 0.6) is 23.0 Å². The summed E-state index contributed by atoms with van der Waals surface area (Å²) in [5, 5.41) is 20.4. The average Bonchev–Trinajstić information content (AvgIpc) is 3.04. The number of fused-ring (bicyclic) bond motifs is 6. The normalized spacial score (nSPS) is 18.8. The number of benzene rings is 3. The zero-order valence-corrected chi connectivity index (χ0v) is 17.0. The number of aromatic hydroxyl groups is 2. The van der Waals surface area contributed by atoms with E-state index in [1.807, 2.05) is 0 Å². The fraction of sp³-hybridized carbons (Fsp3) is 0.167. The van der Waals surface area contributed by atoms with Crippen molar-refractivity contribution >= 4 is 11.9 Å². The molecule has 0 bridgehead atoms. The van der Waals surface area contributed by atoms with Crippen molar-refractivity contribution in [1.82, 2.24) is 0 Å². The van der Waals surface area contributed by atoms with Crippen molar-refractivity contribution in [3.05, 3.63) is 82.4 Å². The lowest BCUT2D eigenvalue weighted by atomic mass is 9.75. The van der Waals surface area contributed by atoms with Crippen LogP contribution in [0, 0.1) is 0 Å². The lowest BCUT2D eigenvalue weighted by molar-refractivity contribution is -0.146. The van der Waals surface area contributed by atoms with Crippen molar-refractivity contribution in [2.75, 3.05) is 6.54 Å². The van der Waals surface area contributed by atoms with Crippen LogP contribution in [-0.2, 0) is 19.9 Å². The molecule has 0 radical (unpaired) electrons. The molecule has 32 heavy (non-hydrogen) atoms. The lowest BCUT2D eigenvalue weighted by Gasteiger charge is -2.38. The highest BCUT2D eigenvalue weighted by Crippen LogP contribution is 2.58. The van der Waals surface area contributed by atoms with E-state index < -0.39 is 23.6 Å². The second-order valence-electron chi connectivity index (χ2n) is 7.64. The van der Waals surface area contributed by atoms with Gasteiger partial charge in [-0.05, 0) is 24.3 Å². The molecule has 2 heterocycles. The van der Waals surface area contributed by atoms with Crippen LogP contribution in [0.25, 0.3) is 0 Å². The molecule has 2 aliphatic rings. The predicted octanol–water partition coefficient (Wildman–Crippen LogP) is 3.23. The van der Waals surface area contributed by atoms with E-state index >= 15 is 0 Å². The van der Waals surface area contributed by atoms with Crippen molar-refractivity contribution < 1.29 is 34.0 Å². The Morgan fingerprint density at radius 3 is 2.56 bits per heavy atom. The van der Waals surface area contributed by atoms with Crippen LogP contribution in [0.15, 0.2) is 54.6 Å². The number of carbonyl (C=O) groups is 2. The number of hydrogen-bond acceptors (Lipinski definition) is 8. The van der Waals surface area contributed by atoms with E-state index in [9.17, 15) is 19.8 Å². The van der Waals surface area contributed by atoms with Gasteiger partial charge in [0, 0.05) is 42.3 Å². The quantitative estimate of drug-likeness (QED) is 0.537. The Bertz CT molecular complexity index is 1290. The van der Waals surface area contributed by atoms with E-state index in [0.717, 1.165) is 0 Å². The lowest BCUT2D eigenvalue weighted by Crippen LogP contribution is -2.35. The number of phenols is 2. The van der Waals surface area contributed by atoms with Crippen molar-refractivity contribution in [3.8, 4) is 23.0 Å². The maximum atomic E-state index is 12.9. The van der Waals surface area contributed by atoms with E-state index in [4.69, 9.17) is 19.9 Å². The maximum absolute atomic E-state index is 12.9. The van der Waals surface area contributed by atoms with Crippen LogP contribution in [0.1, 0.15) is 45.6 Å². The molecule has 162 valence electrons. The molecule has 1 spiro atoms. The summed E-state index contributed by atoms with van der Waals surface area (Å²) in [6.45, 7) is 1.18. The van der Waals surface area contributed by atoms with E-state index in [2.05, 4.69) is 0 Å². The van der Waals surface area contributed by atoms with Gasteiger partial charge in [-0.1, -0.05) is 18.2 Å². The zero-order valence-electron chi connectivity index (χ0n) is 17.0. The summed E-state index contributed by atoms with van der Waals surface area (Å²) in [5.74, 6) is -0.843. The fourth-order valence-electron chi connectivity index (χ4n) is 4.51. The van der Waals surface area contributed by atoms with Gasteiger partial charge >= 0.3 is 11.9 Å². The van der Waals surface area contributed by atoms with Crippen LogP contribution >= 0.6 is 0 Å². The SMILES string of the molecule is CC(=O)OC(CN)c1cc(O)cc2c1C1(OC(=O)c3ccccc31)c1ccc(O)cc1O2. The van der Waals surface area contributed by atoms with Gasteiger partial charge in [0.25, 0.3) is 0 Å². The van der Waals surface area contributed by atoms with E-state index in [0.29, 0.717) is 27.8 Å². The predicted molar refractivity (Wildman–Crippen MR) is 112 cm³/mol. The summed E-state index contributed by atoms with van der Waals surface area (Å²) in [4.78, 5) is 24.7. The Morgan fingerprint density at radius 1 is 1.06 bits per heavy atom. The first kappa shape index (κ1) is 19.9. The standard InChI is InChI=1S/C24H19NO7/c1-12(26)30-21(11-25)16-8-14(28)10-20-22(16)24(18-7-6-13(27)9-19(18)31-20)17-5-3-2-4-15(17)23(29)32-24/h2-10,21,27-28H,11,25H2,1H3. The average molecular weight is 433 g/mol. The Balaban J connectivity index is 1.89. The number of carbonyl (C=O) groups excluding carboxylic acids is 2. The summed E-state index contributed by atoms with van der Waals surface area (Å²) >= 11 is 0. The first-order chi connectivity index (χ1) is 15.3. The molecule has 2 atom stereocenters. The molecular weight excluding hydrogens is 414 g/mol. The monoisotopic (exact) mass is 433 g/mol. The minimum atomic E-state index is -1.46. The Hall–Kier alpha value is -4.04. The van der Waals surface area contributed by atoms with Gasteiger partial charge in [-0.2, -0.15) is 0 Å². The Kier molecular flexibility index (Phi) is 4.35. The molecule has 5 rings (SSSR count). The second kappa shape index (κ2) is 7.00. The van der Waals surface area contributed by atoms with Gasteiger partial charge in [0.05, 0.1) is 11.1 Å². The zero-order chi connectivity index (χ0) is 22.6. The summed E-state index contributed by atoms with van der Waals surface area (Å²) in [7, 11) is 0. The van der Waals surface area contributed by atoms with E-state index in [1.165, 1.54) is 31.2 Å². The number of rotatable bonds is 3. The number of ether oxygens (including phenoxy) is 3. The molecule has 0 aliphatic carbocycles. The van der Waals surface area contributed by atoms with Gasteiger partial charge in [0.1, 0.15) is 29.1 Å². The minimum Gasteiger partial charge on any atom is -0.508 e. The smallest absolute Gasteiger partial charge is 0.340 e. The summed E-state index contributed by atoms with van der Waals surface area (Å²) in [6, 6.07) is 14.2. The molecule has 0 amide bonds. The molecule has 0 saturated carbocycles. The van der Waals surface area contributed by atoms with Gasteiger partial charge in [0.2, 0.25) is 0 Å². The molecule has 0 saturated heterocycles. The number of esters is 2. The molecule has 2 aliphatic heterocycles. The molecular formula is C24H19NO7. The van der Waals surface area contributed by atoms with Crippen molar-refractivity contribution in [1.29, 1.82) is 0 Å². The van der Waals surface area contributed by atoms with Gasteiger partial charge in [-0.25, -0.2) is 4.79 Å². The Labute approximate surface area is 182 Å². The van der Waals surface area contributed by atoms with E-state index in [1.54, 1.807) is 30.3 Å². The van der Waals surface area contributed by atoms with Crippen molar-refractivity contribution in [2.45, 2.75) is 18.6 Å². The molecule has 3 aromatic carbocycles. The topological polar surface area (TPSA) is 128 Å². The number of hydrogen-bond donors (Lipinski definition) is 3. The fourth-order valence-corrected chi connectivity index (χ4v) is 4.51. The molecule has 0 fully saturated rings. The van der Waals surface area contributed by atoms with Crippen LogP contribution in [-0.4, -0.2) is 28.7 Å². The van der Waals surface area contributed by atoms with Crippen LogP contribution in [0.3, 0.4) is 0 Å². The second-order valence-corrected chi connectivity index (χ2v) is 7.64.